The van der Waals surface area contributed by atoms with Crippen LogP contribution in [-0.4, -0.2) is 13.1 Å². The van der Waals surface area contributed by atoms with E-state index in [4.69, 9.17) is 0 Å². The van der Waals surface area contributed by atoms with Gasteiger partial charge in [-0.25, -0.2) is 4.39 Å². The summed E-state index contributed by atoms with van der Waals surface area (Å²) in [6.07, 6.45) is 1.84. The predicted octanol–water partition coefficient (Wildman–Crippen LogP) is 6.36. The minimum atomic E-state index is -1.66. The Labute approximate surface area is 160 Å². The molecule has 0 spiro atoms. The zero-order valence-electron chi connectivity index (χ0n) is 16.5. The molecule has 0 aliphatic heterocycles. The molecule has 0 bridgehead atoms. The molecule has 0 amide bonds. The molecule has 0 atom stereocenters. The molecule has 3 heteroatoms. The second-order valence-electron chi connectivity index (χ2n) is 8.50. The molecular formula is C24H24FNSi. The SMILES string of the molecule is Cc1cc(C)cc(-c2nccc3c2ccc2c([Si](C)(C)C)cc(F)cc23)c1. The van der Waals surface area contributed by atoms with Crippen molar-refractivity contribution in [3.05, 3.63) is 71.7 Å². The van der Waals surface area contributed by atoms with Crippen LogP contribution < -0.4 is 5.19 Å². The summed E-state index contributed by atoms with van der Waals surface area (Å²) < 4.78 is 14.5. The van der Waals surface area contributed by atoms with Crippen LogP contribution in [-0.2, 0) is 0 Å². The molecule has 0 radical (unpaired) electrons. The van der Waals surface area contributed by atoms with Crippen molar-refractivity contribution in [3.8, 4) is 11.3 Å². The first-order valence-corrected chi connectivity index (χ1v) is 12.8. The number of rotatable bonds is 2. The van der Waals surface area contributed by atoms with E-state index < -0.39 is 8.07 Å². The lowest BCUT2D eigenvalue weighted by Crippen LogP contribution is -2.38. The Morgan fingerprint density at radius 1 is 0.741 bits per heavy atom. The van der Waals surface area contributed by atoms with E-state index in [9.17, 15) is 4.39 Å². The lowest BCUT2D eigenvalue weighted by Gasteiger charge is -2.20. The highest BCUT2D eigenvalue weighted by molar-refractivity contribution is 6.90. The molecule has 0 unspecified atom stereocenters. The molecule has 0 N–H and O–H groups in total. The van der Waals surface area contributed by atoms with Crippen LogP contribution in [0.1, 0.15) is 11.1 Å². The van der Waals surface area contributed by atoms with E-state index >= 15 is 0 Å². The van der Waals surface area contributed by atoms with Crippen molar-refractivity contribution >= 4 is 34.8 Å². The summed E-state index contributed by atoms with van der Waals surface area (Å²) in [5.74, 6) is -0.155. The van der Waals surface area contributed by atoms with Gasteiger partial charge < -0.3 is 0 Å². The number of hydrogen-bond acceptors (Lipinski definition) is 1. The van der Waals surface area contributed by atoms with Crippen molar-refractivity contribution in [2.75, 3.05) is 0 Å². The van der Waals surface area contributed by atoms with Crippen LogP contribution in [0.3, 0.4) is 0 Å². The highest BCUT2D eigenvalue weighted by atomic mass is 28.3. The second-order valence-corrected chi connectivity index (χ2v) is 13.5. The molecule has 0 aliphatic rings. The van der Waals surface area contributed by atoms with E-state index in [0.717, 1.165) is 27.4 Å². The fourth-order valence-electron chi connectivity index (χ4n) is 4.03. The molecule has 1 aromatic heterocycles. The van der Waals surface area contributed by atoms with E-state index in [1.54, 1.807) is 12.1 Å². The minimum Gasteiger partial charge on any atom is -0.256 e. The maximum atomic E-state index is 14.5. The van der Waals surface area contributed by atoms with Gasteiger partial charge in [-0.2, -0.15) is 0 Å². The first-order valence-electron chi connectivity index (χ1n) is 9.34. The maximum Gasteiger partial charge on any atom is 0.123 e. The number of hydrogen-bond donors (Lipinski definition) is 0. The topological polar surface area (TPSA) is 12.9 Å². The first-order chi connectivity index (χ1) is 12.7. The molecule has 0 aliphatic carbocycles. The van der Waals surface area contributed by atoms with E-state index in [0.29, 0.717) is 0 Å². The van der Waals surface area contributed by atoms with Gasteiger partial charge in [0.05, 0.1) is 13.8 Å². The lowest BCUT2D eigenvalue weighted by atomic mass is 9.97. The summed E-state index contributed by atoms with van der Waals surface area (Å²) in [7, 11) is -1.66. The van der Waals surface area contributed by atoms with Crippen LogP contribution in [0.15, 0.2) is 54.7 Å². The molecule has 136 valence electrons. The van der Waals surface area contributed by atoms with Crippen LogP contribution in [0.5, 0.6) is 0 Å². The standard InChI is InChI=1S/C24H24FNSi/c1-15-10-16(2)12-17(11-15)24-21-7-6-20-22(19(21)8-9-26-24)13-18(25)14-23(20)27(3,4)5/h6-14H,1-5H3. The molecule has 1 heterocycles. The third kappa shape index (κ3) is 3.17. The zero-order valence-corrected chi connectivity index (χ0v) is 17.5. The smallest absolute Gasteiger partial charge is 0.123 e. The van der Waals surface area contributed by atoms with Crippen molar-refractivity contribution in [1.82, 2.24) is 4.98 Å². The summed E-state index contributed by atoms with van der Waals surface area (Å²) in [6.45, 7) is 11.0. The Bertz CT molecular complexity index is 1170. The highest BCUT2D eigenvalue weighted by Gasteiger charge is 2.21. The van der Waals surface area contributed by atoms with E-state index in [-0.39, 0.29) is 5.82 Å². The molecular weight excluding hydrogens is 349 g/mol. The summed E-state index contributed by atoms with van der Waals surface area (Å²) >= 11 is 0. The number of fused-ring (bicyclic) bond motifs is 3. The number of halogens is 1. The van der Waals surface area contributed by atoms with Crippen molar-refractivity contribution < 1.29 is 4.39 Å². The Kier molecular flexibility index (Phi) is 4.15. The van der Waals surface area contributed by atoms with Crippen LogP contribution >= 0.6 is 0 Å². The van der Waals surface area contributed by atoms with Gasteiger partial charge in [0, 0.05) is 17.1 Å². The molecule has 3 aromatic carbocycles. The quantitative estimate of drug-likeness (QED) is 0.294. The lowest BCUT2D eigenvalue weighted by molar-refractivity contribution is 0.630. The third-order valence-corrected chi connectivity index (χ3v) is 7.17. The van der Waals surface area contributed by atoms with Gasteiger partial charge in [-0.1, -0.05) is 49.0 Å². The Morgan fingerprint density at radius 3 is 2.07 bits per heavy atom. The fraction of sp³-hybridized carbons (Fsp3) is 0.208. The third-order valence-electron chi connectivity index (χ3n) is 5.14. The Balaban J connectivity index is 2.09. The van der Waals surface area contributed by atoms with Crippen LogP contribution in [0.2, 0.25) is 19.6 Å². The first kappa shape index (κ1) is 17.9. The monoisotopic (exact) mass is 373 g/mol. The number of benzene rings is 3. The van der Waals surface area contributed by atoms with Crippen molar-refractivity contribution in [1.29, 1.82) is 0 Å². The van der Waals surface area contributed by atoms with Crippen molar-refractivity contribution in [2.24, 2.45) is 0 Å². The summed E-state index contributed by atoms with van der Waals surface area (Å²) in [4.78, 5) is 4.67. The maximum absolute atomic E-state index is 14.5. The molecule has 4 aromatic rings. The molecule has 0 saturated carbocycles. The van der Waals surface area contributed by atoms with Crippen molar-refractivity contribution in [2.45, 2.75) is 33.5 Å². The number of nitrogens with zero attached hydrogens (tertiary/aromatic N) is 1. The van der Waals surface area contributed by atoms with Gasteiger partial charge in [-0.3, -0.25) is 4.98 Å². The van der Waals surface area contributed by atoms with Gasteiger partial charge in [0.15, 0.2) is 0 Å². The van der Waals surface area contributed by atoms with Gasteiger partial charge in [-0.05, 0) is 65.5 Å². The number of aromatic nitrogens is 1. The highest BCUT2D eigenvalue weighted by Crippen LogP contribution is 2.33. The van der Waals surface area contributed by atoms with Gasteiger partial charge in [0.25, 0.3) is 0 Å². The van der Waals surface area contributed by atoms with Gasteiger partial charge in [0.2, 0.25) is 0 Å². The van der Waals surface area contributed by atoms with Crippen LogP contribution in [0, 0.1) is 19.7 Å². The summed E-state index contributed by atoms with van der Waals surface area (Å²) in [5.41, 5.74) is 4.51. The Hall–Kier alpha value is -2.52. The number of pyridine rings is 1. The van der Waals surface area contributed by atoms with Gasteiger partial charge in [-0.15, -0.1) is 0 Å². The van der Waals surface area contributed by atoms with Crippen LogP contribution in [0.4, 0.5) is 4.39 Å². The molecule has 0 saturated heterocycles. The average Bonchev–Trinajstić information content (AvgIpc) is 2.58. The van der Waals surface area contributed by atoms with Gasteiger partial charge >= 0.3 is 0 Å². The van der Waals surface area contributed by atoms with E-state index in [1.807, 2.05) is 12.3 Å². The molecule has 27 heavy (non-hydrogen) atoms. The average molecular weight is 374 g/mol. The predicted molar refractivity (Wildman–Crippen MR) is 117 cm³/mol. The normalized spacial score (nSPS) is 12.1. The fourth-order valence-corrected chi connectivity index (χ4v) is 5.62. The second kappa shape index (κ2) is 6.27. The van der Waals surface area contributed by atoms with E-state index in [2.05, 4.69) is 68.8 Å². The number of aryl methyl sites for hydroxylation is 2. The van der Waals surface area contributed by atoms with Crippen molar-refractivity contribution in [3.63, 3.8) is 0 Å². The summed E-state index contributed by atoms with van der Waals surface area (Å²) in [5, 5.41) is 5.46. The zero-order chi connectivity index (χ0) is 19.3. The Morgan fingerprint density at radius 2 is 1.41 bits per heavy atom. The van der Waals surface area contributed by atoms with Gasteiger partial charge in [0.1, 0.15) is 5.82 Å². The molecule has 1 nitrogen and oxygen atoms in total. The largest absolute Gasteiger partial charge is 0.256 e. The minimum absolute atomic E-state index is 0.155. The van der Waals surface area contributed by atoms with E-state index in [1.165, 1.54) is 21.7 Å². The molecule has 0 fully saturated rings. The van der Waals surface area contributed by atoms with Crippen LogP contribution in [0.25, 0.3) is 32.8 Å². The molecule has 4 rings (SSSR count). The summed E-state index contributed by atoms with van der Waals surface area (Å²) in [6, 6.07) is 16.2.